The van der Waals surface area contributed by atoms with Gasteiger partial charge in [0.15, 0.2) is 0 Å². The first-order valence-electron chi connectivity index (χ1n) is 3.74. The van der Waals surface area contributed by atoms with E-state index in [0.29, 0.717) is 10.8 Å². The number of nitrogens with zero attached hydrogens (tertiary/aromatic N) is 2. The van der Waals surface area contributed by atoms with Gasteiger partial charge in [0.25, 0.3) is 0 Å². The van der Waals surface area contributed by atoms with Gasteiger partial charge in [-0.15, -0.1) is 0 Å². The van der Waals surface area contributed by atoms with Gasteiger partial charge in [0.05, 0.1) is 5.02 Å². The monoisotopic (exact) mass is 278 g/mol. The predicted octanol–water partition coefficient (Wildman–Crippen LogP) is 2.02. The molecule has 1 heterocycles. The summed E-state index contributed by atoms with van der Waals surface area (Å²) < 4.78 is 0.759. The van der Waals surface area contributed by atoms with E-state index < -0.39 is 5.97 Å². The topological polar surface area (TPSA) is 53.4 Å². The van der Waals surface area contributed by atoms with Gasteiger partial charge < -0.3 is 10.0 Å². The molecule has 0 atom stereocenters. The zero-order valence-electron chi connectivity index (χ0n) is 7.37. The smallest absolute Gasteiger partial charge is 0.323 e. The molecular weight excluding hydrogens is 271 g/mol. The molecule has 0 saturated heterocycles. The highest BCUT2D eigenvalue weighted by molar-refractivity contribution is 9.10. The number of hydrogen-bond acceptors (Lipinski definition) is 3. The van der Waals surface area contributed by atoms with Crippen LogP contribution in [0, 0.1) is 0 Å². The maximum Gasteiger partial charge on any atom is 0.323 e. The summed E-state index contributed by atoms with van der Waals surface area (Å²) in [7, 11) is 1.62. The molecule has 0 saturated carbocycles. The zero-order valence-corrected chi connectivity index (χ0v) is 9.71. The second-order valence-corrected chi connectivity index (χ2v) is 4.03. The summed E-state index contributed by atoms with van der Waals surface area (Å²) in [4.78, 5) is 15.9. The largest absolute Gasteiger partial charge is 0.480 e. The molecule has 0 aliphatic carbocycles. The van der Waals surface area contributed by atoms with Crippen LogP contribution in [-0.4, -0.2) is 29.7 Å². The Balaban J connectivity index is 2.90. The normalized spacial score (nSPS) is 9.93. The summed E-state index contributed by atoms with van der Waals surface area (Å²) in [6, 6.07) is 1.67. The Hall–Kier alpha value is -0.810. The molecule has 0 spiro atoms. The molecular formula is C8H8BrClN2O2. The van der Waals surface area contributed by atoms with Crippen LogP contribution < -0.4 is 4.90 Å². The van der Waals surface area contributed by atoms with Crippen LogP contribution in [0.15, 0.2) is 16.7 Å². The fourth-order valence-corrected chi connectivity index (χ4v) is 1.74. The lowest BCUT2D eigenvalue weighted by Gasteiger charge is -2.16. The molecule has 1 N–H and O–H groups in total. The Morgan fingerprint density at radius 3 is 2.93 bits per heavy atom. The third kappa shape index (κ3) is 2.85. The summed E-state index contributed by atoms with van der Waals surface area (Å²) in [6.07, 6.45) is 1.57. The van der Waals surface area contributed by atoms with Crippen molar-refractivity contribution in [3.05, 3.63) is 21.8 Å². The quantitative estimate of drug-likeness (QED) is 0.920. The first-order valence-corrected chi connectivity index (χ1v) is 4.92. The molecule has 0 radical (unpaired) electrons. The number of hydrogen-bond donors (Lipinski definition) is 1. The minimum atomic E-state index is -0.923. The van der Waals surface area contributed by atoms with Crippen molar-refractivity contribution in [1.82, 2.24) is 4.98 Å². The van der Waals surface area contributed by atoms with Gasteiger partial charge in [-0.05, 0) is 22.0 Å². The van der Waals surface area contributed by atoms with Gasteiger partial charge in [-0.2, -0.15) is 0 Å². The van der Waals surface area contributed by atoms with Gasteiger partial charge in [-0.25, -0.2) is 4.98 Å². The summed E-state index contributed by atoms with van der Waals surface area (Å²) in [5.41, 5.74) is 0. The van der Waals surface area contributed by atoms with Crippen molar-refractivity contribution in [1.29, 1.82) is 0 Å². The van der Waals surface area contributed by atoms with Crippen molar-refractivity contribution in [3.63, 3.8) is 0 Å². The van der Waals surface area contributed by atoms with Crippen LogP contribution >= 0.6 is 27.5 Å². The average molecular weight is 280 g/mol. The van der Waals surface area contributed by atoms with Crippen LogP contribution in [0.25, 0.3) is 0 Å². The van der Waals surface area contributed by atoms with E-state index in [0.717, 1.165) is 4.47 Å². The summed E-state index contributed by atoms with van der Waals surface area (Å²) >= 11 is 9.10. The summed E-state index contributed by atoms with van der Waals surface area (Å²) in [6.45, 7) is -0.131. The summed E-state index contributed by atoms with van der Waals surface area (Å²) in [5.74, 6) is -0.467. The highest BCUT2D eigenvalue weighted by Crippen LogP contribution is 2.24. The lowest BCUT2D eigenvalue weighted by Crippen LogP contribution is -2.26. The number of carbonyl (C=O) groups is 1. The fourth-order valence-electron chi connectivity index (χ4n) is 0.966. The van der Waals surface area contributed by atoms with Gasteiger partial charge in [-0.3, -0.25) is 4.79 Å². The Kier molecular flexibility index (Phi) is 3.71. The van der Waals surface area contributed by atoms with Crippen LogP contribution in [0.1, 0.15) is 0 Å². The number of aliphatic carboxylic acids is 1. The molecule has 1 rings (SSSR count). The minimum absolute atomic E-state index is 0.131. The van der Waals surface area contributed by atoms with E-state index in [4.69, 9.17) is 16.7 Å². The number of carboxylic acid groups (broad SMARTS) is 1. The van der Waals surface area contributed by atoms with E-state index in [-0.39, 0.29) is 6.54 Å². The van der Waals surface area contributed by atoms with E-state index in [1.54, 1.807) is 19.3 Å². The third-order valence-corrected chi connectivity index (χ3v) is 2.23. The number of rotatable bonds is 3. The van der Waals surface area contributed by atoms with Gasteiger partial charge >= 0.3 is 5.97 Å². The Labute approximate surface area is 94.6 Å². The summed E-state index contributed by atoms with van der Waals surface area (Å²) in [5, 5.41) is 8.99. The number of halogens is 2. The molecule has 0 aromatic carbocycles. The number of likely N-dealkylation sites (N-methyl/N-ethyl adjacent to an activating group) is 1. The molecule has 0 amide bonds. The lowest BCUT2D eigenvalue weighted by atomic mass is 10.4. The Bertz CT molecular complexity index is 359. The minimum Gasteiger partial charge on any atom is -0.480 e. The fraction of sp³-hybridized carbons (Fsp3) is 0.250. The Morgan fingerprint density at radius 1 is 1.79 bits per heavy atom. The van der Waals surface area contributed by atoms with Crippen LogP contribution in [0.2, 0.25) is 5.02 Å². The van der Waals surface area contributed by atoms with Gasteiger partial charge in [0.2, 0.25) is 0 Å². The van der Waals surface area contributed by atoms with Crippen molar-refractivity contribution >= 4 is 39.3 Å². The molecule has 0 fully saturated rings. The molecule has 0 unspecified atom stereocenters. The highest BCUT2D eigenvalue weighted by Gasteiger charge is 2.10. The molecule has 0 bridgehead atoms. The second kappa shape index (κ2) is 4.61. The van der Waals surface area contributed by atoms with Crippen molar-refractivity contribution in [2.45, 2.75) is 0 Å². The molecule has 76 valence electrons. The maximum atomic E-state index is 10.4. The number of carboxylic acids is 1. The molecule has 4 nitrogen and oxygen atoms in total. The van der Waals surface area contributed by atoms with Crippen LogP contribution in [0.4, 0.5) is 5.82 Å². The predicted molar refractivity (Wildman–Crippen MR) is 57.9 cm³/mol. The molecule has 14 heavy (non-hydrogen) atoms. The number of anilines is 1. The van der Waals surface area contributed by atoms with Crippen LogP contribution in [0.5, 0.6) is 0 Å². The van der Waals surface area contributed by atoms with Crippen molar-refractivity contribution in [2.75, 3.05) is 18.5 Å². The molecule has 1 aromatic heterocycles. The standard InChI is InChI=1S/C8H8BrClN2O2/c1-12(4-7(13)14)8-6(10)2-5(9)3-11-8/h2-3H,4H2,1H3,(H,13,14). The third-order valence-electron chi connectivity index (χ3n) is 1.52. The molecule has 6 heteroatoms. The second-order valence-electron chi connectivity index (χ2n) is 2.71. The van der Waals surface area contributed by atoms with Gasteiger partial charge in [0.1, 0.15) is 12.4 Å². The molecule has 1 aromatic rings. The van der Waals surface area contributed by atoms with Gasteiger partial charge in [0, 0.05) is 17.7 Å². The number of pyridine rings is 1. The first kappa shape index (κ1) is 11.3. The highest BCUT2D eigenvalue weighted by atomic mass is 79.9. The zero-order chi connectivity index (χ0) is 10.7. The first-order chi connectivity index (χ1) is 6.50. The molecule has 0 aliphatic heterocycles. The number of aromatic nitrogens is 1. The Morgan fingerprint density at radius 2 is 2.43 bits per heavy atom. The van der Waals surface area contributed by atoms with E-state index >= 15 is 0 Å². The van der Waals surface area contributed by atoms with E-state index in [2.05, 4.69) is 20.9 Å². The van der Waals surface area contributed by atoms with Crippen molar-refractivity contribution < 1.29 is 9.90 Å². The average Bonchev–Trinajstić information content (AvgIpc) is 2.01. The van der Waals surface area contributed by atoms with Crippen LogP contribution in [0.3, 0.4) is 0 Å². The van der Waals surface area contributed by atoms with E-state index in [1.807, 2.05) is 0 Å². The molecule has 0 aliphatic rings. The lowest BCUT2D eigenvalue weighted by molar-refractivity contribution is -0.135. The maximum absolute atomic E-state index is 10.4. The van der Waals surface area contributed by atoms with E-state index in [1.165, 1.54) is 4.90 Å². The van der Waals surface area contributed by atoms with E-state index in [9.17, 15) is 4.79 Å². The van der Waals surface area contributed by atoms with Gasteiger partial charge in [-0.1, -0.05) is 11.6 Å². The van der Waals surface area contributed by atoms with Crippen LogP contribution in [-0.2, 0) is 4.79 Å². The van der Waals surface area contributed by atoms with Crippen molar-refractivity contribution in [3.8, 4) is 0 Å². The van der Waals surface area contributed by atoms with Crippen molar-refractivity contribution in [2.24, 2.45) is 0 Å². The SMILES string of the molecule is CN(CC(=O)O)c1ncc(Br)cc1Cl.